The van der Waals surface area contributed by atoms with Crippen LogP contribution in [0.3, 0.4) is 0 Å². The molecule has 1 saturated heterocycles. The van der Waals surface area contributed by atoms with E-state index in [0.29, 0.717) is 54.1 Å². The molecule has 0 saturated carbocycles. The molecular weight excluding hydrogens is 457 g/mol. The number of aliphatic hydroxyl groups is 1. The molecular formula is C25H25ClFN5O2. The summed E-state index contributed by atoms with van der Waals surface area (Å²) in [7, 11) is 0. The SMILES string of the molecule is Cc1ccc(CN2CCC(O)(Cn3cnc4c(cnn4-c4ccc(Cl)cc4)c3=O)CC2)cc1F. The van der Waals surface area contributed by atoms with E-state index in [1.165, 1.54) is 17.1 Å². The smallest absolute Gasteiger partial charge is 0.264 e. The van der Waals surface area contributed by atoms with Gasteiger partial charge in [-0.05, 0) is 61.2 Å². The monoisotopic (exact) mass is 481 g/mol. The van der Waals surface area contributed by atoms with Gasteiger partial charge in [-0.15, -0.1) is 0 Å². The van der Waals surface area contributed by atoms with Crippen LogP contribution in [0.1, 0.15) is 24.0 Å². The van der Waals surface area contributed by atoms with Gasteiger partial charge in [-0.1, -0.05) is 23.7 Å². The van der Waals surface area contributed by atoms with Crippen molar-refractivity contribution >= 4 is 22.6 Å². The van der Waals surface area contributed by atoms with Gasteiger partial charge in [0.05, 0.1) is 24.0 Å². The second-order valence-corrected chi connectivity index (χ2v) is 9.47. The molecule has 0 atom stereocenters. The summed E-state index contributed by atoms with van der Waals surface area (Å²) < 4.78 is 16.9. The van der Waals surface area contributed by atoms with Crippen molar-refractivity contribution < 1.29 is 9.50 Å². The lowest BCUT2D eigenvalue weighted by Crippen LogP contribution is -2.47. The van der Waals surface area contributed by atoms with E-state index in [1.54, 1.807) is 35.9 Å². The molecule has 9 heteroatoms. The first kappa shape index (κ1) is 22.7. The van der Waals surface area contributed by atoms with Gasteiger partial charge in [0, 0.05) is 24.7 Å². The Morgan fingerprint density at radius 1 is 1.15 bits per heavy atom. The Hall–Kier alpha value is -3.07. The zero-order valence-electron chi connectivity index (χ0n) is 18.8. The molecule has 0 spiro atoms. The Kier molecular flexibility index (Phi) is 5.97. The van der Waals surface area contributed by atoms with E-state index < -0.39 is 5.60 Å². The topological polar surface area (TPSA) is 76.2 Å². The molecule has 5 rings (SSSR count). The Balaban J connectivity index is 1.29. The molecule has 0 aliphatic carbocycles. The number of hydrogen-bond acceptors (Lipinski definition) is 5. The molecule has 2 aromatic heterocycles. The van der Waals surface area contributed by atoms with Crippen molar-refractivity contribution in [3.05, 3.63) is 87.3 Å². The predicted octanol–water partition coefficient (Wildman–Crippen LogP) is 3.71. The highest BCUT2D eigenvalue weighted by Gasteiger charge is 2.33. The van der Waals surface area contributed by atoms with E-state index >= 15 is 0 Å². The van der Waals surface area contributed by atoms with Gasteiger partial charge in [0.25, 0.3) is 5.56 Å². The molecule has 2 aromatic carbocycles. The first-order chi connectivity index (χ1) is 16.3. The summed E-state index contributed by atoms with van der Waals surface area (Å²) in [5.41, 5.74) is 1.50. The molecule has 34 heavy (non-hydrogen) atoms. The van der Waals surface area contributed by atoms with Crippen molar-refractivity contribution in [1.82, 2.24) is 24.2 Å². The molecule has 1 N–H and O–H groups in total. The van der Waals surface area contributed by atoms with E-state index in [4.69, 9.17) is 11.6 Å². The molecule has 3 heterocycles. The van der Waals surface area contributed by atoms with Crippen molar-refractivity contribution in [2.24, 2.45) is 0 Å². The van der Waals surface area contributed by atoms with Gasteiger partial charge in [0.15, 0.2) is 5.65 Å². The van der Waals surface area contributed by atoms with Gasteiger partial charge in [-0.3, -0.25) is 14.3 Å². The number of benzene rings is 2. The van der Waals surface area contributed by atoms with Gasteiger partial charge in [0.1, 0.15) is 17.5 Å². The lowest BCUT2D eigenvalue weighted by Gasteiger charge is -2.38. The summed E-state index contributed by atoms with van der Waals surface area (Å²) in [6.07, 6.45) is 3.99. The molecule has 7 nitrogen and oxygen atoms in total. The number of aryl methyl sites for hydroxylation is 1. The van der Waals surface area contributed by atoms with Crippen molar-refractivity contribution in [3.8, 4) is 5.69 Å². The zero-order chi connectivity index (χ0) is 23.9. The summed E-state index contributed by atoms with van der Waals surface area (Å²) >= 11 is 5.96. The van der Waals surface area contributed by atoms with Crippen molar-refractivity contribution in [3.63, 3.8) is 0 Å². The van der Waals surface area contributed by atoms with Gasteiger partial charge in [-0.2, -0.15) is 5.10 Å². The Morgan fingerprint density at radius 2 is 1.88 bits per heavy atom. The fraction of sp³-hybridized carbons (Fsp3) is 0.320. The molecule has 0 bridgehead atoms. The van der Waals surface area contributed by atoms with Crippen LogP contribution in [0.15, 0.2) is 59.8 Å². The third kappa shape index (κ3) is 4.49. The summed E-state index contributed by atoms with van der Waals surface area (Å²) in [6.45, 7) is 3.85. The minimum absolute atomic E-state index is 0.161. The van der Waals surface area contributed by atoms with Crippen LogP contribution in [0.2, 0.25) is 5.02 Å². The van der Waals surface area contributed by atoms with Crippen molar-refractivity contribution in [2.75, 3.05) is 13.1 Å². The fourth-order valence-electron chi connectivity index (χ4n) is 4.43. The van der Waals surface area contributed by atoms with Crippen molar-refractivity contribution in [2.45, 2.75) is 38.5 Å². The highest BCUT2D eigenvalue weighted by molar-refractivity contribution is 6.30. The van der Waals surface area contributed by atoms with E-state index in [0.717, 1.165) is 11.3 Å². The van der Waals surface area contributed by atoms with E-state index in [-0.39, 0.29) is 17.9 Å². The standard InChI is InChI=1S/C25H25ClFN5O2/c1-17-2-3-18(12-22(17)27)14-30-10-8-25(34,9-11-30)15-31-16-28-23-21(24(31)33)13-29-32(23)20-6-4-19(26)5-7-20/h2-7,12-13,16,34H,8-11,14-15H2,1H3. The van der Waals surface area contributed by atoms with Gasteiger partial charge in [0.2, 0.25) is 0 Å². The minimum Gasteiger partial charge on any atom is -0.388 e. The predicted molar refractivity (Wildman–Crippen MR) is 129 cm³/mol. The van der Waals surface area contributed by atoms with Gasteiger partial charge < -0.3 is 5.11 Å². The van der Waals surface area contributed by atoms with Crippen LogP contribution in [0.25, 0.3) is 16.7 Å². The van der Waals surface area contributed by atoms with Gasteiger partial charge in [-0.25, -0.2) is 14.1 Å². The number of rotatable bonds is 5. The number of hydrogen-bond donors (Lipinski definition) is 1. The summed E-state index contributed by atoms with van der Waals surface area (Å²) in [5, 5.41) is 16.5. The van der Waals surface area contributed by atoms with Crippen LogP contribution in [0, 0.1) is 12.7 Å². The fourth-order valence-corrected chi connectivity index (χ4v) is 4.55. The summed E-state index contributed by atoms with van der Waals surface area (Å²) in [6, 6.07) is 12.4. The largest absolute Gasteiger partial charge is 0.388 e. The van der Waals surface area contributed by atoms with E-state index in [1.807, 2.05) is 18.2 Å². The highest BCUT2D eigenvalue weighted by atomic mass is 35.5. The van der Waals surface area contributed by atoms with Crippen LogP contribution < -0.4 is 5.56 Å². The lowest BCUT2D eigenvalue weighted by atomic mass is 9.91. The quantitative estimate of drug-likeness (QED) is 0.470. The average molecular weight is 482 g/mol. The first-order valence-electron chi connectivity index (χ1n) is 11.2. The third-order valence-corrected chi connectivity index (χ3v) is 6.77. The molecule has 0 radical (unpaired) electrons. The summed E-state index contributed by atoms with van der Waals surface area (Å²) in [5.74, 6) is -0.201. The average Bonchev–Trinajstić information content (AvgIpc) is 3.25. The maximum atomic E-state index is 13.9. The Labute approximate surface area is 201 Å². The van der Waals surface area contributed by atoms with Crippen LogP contribution >= 0.6 is 11.6 Å². The molecule has 0 unspecified atom stereocenters. The number of fused-ring (bicyclic) bond motifs is 1. The van der Waals surface area contributed by atoms with Crippen LogP contribution in [-0.4, -0.2) is 48.0 Å². The lowest BCUT2D eigenvalue weighted by molar-refractivity contribution is -0.0365. The molecule has 1 aliphatic rings. The van der Waals surface area contributed by atoms with E-state index in [2.05, 4.69) is 15.0 Å². The molecule has 176 valence electrons. The number of nitrogens with zero attached hydrogens (tertiary/aromatic N) is 5. The third-order valence-electron chi connectivity index (χ3n) is 6.52. The Morgan fingerprint density at radius 3 is 2.59 bits per heavy atom. The second kappa shape index (κ2) is 8.94. The minimum atomic E-state index is -1.01. The van der Waals surface area contributed by atoms with Crippen molar-refractivity contribution in [1.29, 1.82) is 0 Å². The highest BCUT2D eigenvalue weighted by Crippen LogP contribution is 2.25. The number of aromatic nitrogens is 4. The number of halogens is 2. The van der Waals surface area contributed by atoms with Crippen LogP contribution in [-0.2, 0) is 13.1 Å². The normalized spacial score (nSPS) is 16.2. The maximum absolute atomic E-state index is 13.9. The molecule has 0 amide bonds. The maximum Gasteiger partial charge on any atom is 0.264 e. The summed E-state index contributed by atoms with van der Waals surface area (Å²) in [4.78, 5) is 19.7. The molecule has 1 fully saturated rings. The van der Waals surface area contributed by atoms with E-state index in [9.17, 15) is 14.3 Å². The molecule has 4 aromatic rings. The number of piperidine rings is 1. The molecule has 1 aliphatic heterocycles. The zero-order valence-corrected chi connectivity index (χ0v) is 19.5. The van der Waals surface area contributed by atoms with Crippen LogP contribution in [0.4, 0.5) is 4.39 Å². The van der Waals surface area contributed by atoms with Gasteiger partial charge >= 0.3 is 0 Å². The second-order valence-electron chi connectivity index (χ2n) is 9.03. The first-order valence-corrected chi connectivity index (χ1v) is 11.6. The Bertz CT molecular complexity index is 1390. The number of likely N-dealkylation sites (tertiary alicyclic amines) is 1. The van der Waals surface area contributed by atoms with Crippen LogP contribution in [0.5, 0.6) is 0 Å².